The first-order valence-electron chi connectivity index (χ1n) is 6.47. The van der Waals surface area contributed by atoms with Gasteiger partial charge in [0.25, 0.3) is 0 Å². The molecule has 0 saturated carbocycles. The van der Waals surface area contributed by atoms with Crippen LogP contribution in [0.5, 0.6) is 0 Å². The Labute approximate surface area is 122 Å². The van der Waals surface area contributed by atoms with Gasteiger partial charge in [-0.15, -0.1) is 0 Å². The molecular weight excluding hydrogens is 280 g/mol. The molecule has 0 bridgehead atoms. The van der Waals surface area contributed by atoms with Crippen LogP contribution in [0.15, 0.2) is 36.4 Å². The topological polar surface area (TPSA) is 12.0 Å². The smallest absolute Gasteiger partial charge is 0.142 e. The molecule has 1 atom stereocenters. The van der Waals surface area contributed by atoms with Gasteiger partial charge in [0.05, 0.1) is 11.1 Å². The molecule has 0 aliphatic heterocycles. The molecule has 0 aliphatic rings. The number of aryl methyl sites for hydroxylation is 1. The third-order valence-electron chi connectivity index (χ3n) is 3.15. The lowest BCUT2D eigenvalue weighted by atomic mass is 9.96. The number of rotatable bonds is 4. The molecule has 0 radical (unpaired) electrons. The molecule has 0 aliphatic carbocycles. The van der Waals surface area contributed by atoms with Crippen LogP contribution in [0.25, 0.3) is 0 Å². The highest BCUT2D eigenvalue weighted by molar-refractivity contribution is 6.30. The second-order valence-electron chi connectivity index (χ2n) is 4.69. The van der Waals surface area contributed by atoms with Gasteiger partial charge in [0.15, 0.2) is 0 Å². The molecule has 20 heavy (non-hydrogen) atoms. The summed E-state index contributed by atoms with van der Waals surface area (Å²) in [6.07, 6.45) is 0. The zero-order chi connectivity index (χ0) is 14.7. The Bertz CT molecular complexity index is 613. The molecule has 106 valence electrons. The Morgan fingerprint density at radius 3 is 2.50 bits per heavy atom. The molecule has 0 saturated heterocycles. The van der Waals surface area contributed by atoms with Gasteiger partial charge in [0.2, 0.25) is 0 Å². The van der Waals surface area contributed by atoms with E-state index < -0.39 is 11.9 Å². The third kappa shape index (κ3) is 3.17. The molecule has 0 fully saturated rings. The monoisotopic (exact) mass is 295 g/mol. The minimum absolute atomic E-state index is 0.0636. The van der Waals surface area contributed by atoms with E-state index in [0.29, 0.717) is 17.7 Å². The molecule has 2 aromatic rings. The van der Waals surface area contributed by atoms with Crippen molar-refractivity contribution >= 4 is 11.6 Å². The number of benzene rings is 2. The predicted octanol–water partition coefficient (Wildman–Crippen LogP) is 4.63. The molecule has 2 aromatic carbocycles. The van der Waals surface area contributed by atoms with Crippen molar-refractivity contribution < 1.29 is 8.78 Å². The number of nitrogens with one attached hydrogen (secondary N) is 1. The lowest BCUT2D eigenvalue weighted by Gasteiger charge is -2.20. The summed E-state index contributed by atoms with van der Waals surface area (Å²) in [5.74, 6) is -0.808. The minimum atomic E-state index is -0.500. The third-order valence-corrected chi connectivity index (χ3v) is 3.45. The maximum absolute atomic E-state index is 14.0. The fourth-order valence-corrected chi connectivity index (χ4v) is 2.31. The summed E-state index contributed by atoms with van der Waals surface area (Å²) < 4.78 is 27.7. The highest BCUT2D eigenvalue weighted by atomic mass is 35.5. The van der Waals surface area contributed by atoms with Crippen LogP contribution < -0.4 is 5.32 Å². The Balaban J connectivity index is 2.49. The van der Waals surface area contributed by atoms with E-state index in [-0.39, 0.29) is 10.8 Å². The molecule has 1 unspecified atom stereocenters. The van der Waals surface area contributed by atoms with Gasteiger partial charge in [-0.05, 0) is 37.2 Å². The summed E-state index contributed by atoms with van der Waals surface area (Å²) in [5.41, 5.74) is 2.12. The Morgan fingerprint density at radius 2 is 1.85 bits per heavy atom. The SMILES string of the molecule is CCNC(c1ccc(Cl)c(F)c1)c1cc(C)ccc1F. The van der Waals surface area contributed by atoms with Gasteiger partial charge in [-0.2, -0.15) is 0 Å². The van der Waals surface area contributed by atoms with Crippen molar-refractivity contribution in [2.45, 2.75) is 19.9 Å². The Hall–Kier alpha value is -1.45. The molecule has 1 nitrogen and oxygen atoms in total. The zero-order valence-electron chi connectivity index (χ0n) is 11.4. The van der Waals surface area contributed by atoms with Gasteiger partial charge in [-0.25, -0.2) is 8.78 Å². The first-order valence-corrected chi connectivity index (χ1v) is 6.85. The summed E-state index contributed by atoms with van der Waals surface area (Å²) in [7, 11) is 0. The van der Waals surface area contributed by atoms with Gasteiger partial charge in [-0.1, -0.05) is 42.3 Å². The van der Waals surface area contributed by atoms with Crippen LogP contribution in [0.3, 0.4) is 0 Å². The molecule has 0 amide bonds. The number of halogens is 3. The molecule has 0 spiro atoms. The summed E-state index contributed by atoms with van der Waals surface area (Å²) in [6, 6.07) is 9.06. The van der Waals surface area contributed by atoms with Crippen molar-refractivity contribution in [3.05, 3.63) is 69.7 Å². The number of hydrogen-bond donors (Lipinski definition) is 1. The van der Waals surface area contributed by atoms with E-state index in [1.54, 1.807) is 18.2 Å². The van der Waals surface area contributed by atoms with Gasteiger partial charge in [0, 0.05) is 5.56 Å². The average Bonchev–Trinajstić information content (AvgIpc) is 2.42. The van der Waals surface area contributed by atoms with Crippen LogP contribution in [0.4, 0.5) is 8.78 Å². The predicted molar refractivity (Wildman–Crippen MR) is 78.1 cm³/mol. The van der Waals surface area contributed by atoms with Crippen LogP contribution in [-0.2, 0) is 0 Å². The van der Waals surface area contributed by atoms with Crippen LogP contribution >= 0.6 is 11.6 Å². The highest BCUT2D eigenvalue weighted by Crippen LogP contribution is 2.27. The van der Waals surface area contributed by atoms with Crippen LogP contribution in [0.1, 0.15) is 29.7 Å². The van der Waals surface area contributed by atoms with E-state index in [4.69, 9.17) is 11.6 Å². The van der Waals surface area contributed by atoms with Gasteiger partial charge >= 0.3 is 0 Å². The van der Waals surface area contributed by atoms with E-state index in [1.807, 2.05) is 13.8 Å². The fourth-order valence-electron chi connectivity index (χ4n) is 2.19. The standard InChI is InChI=1S/C16H16ClF2N/c1-3-20-16(11-5-6-13(17)15(19)9-11)12-8-10(2)4-7-14(12)18/h4-9,16,20H,3H2,1-2H3. The second kappa shape index (κ2) is 6.33. The van der Waals surface area contributed by atoms with E-state index >= 15 is 0 Å². The van der Waals surface area contributed by atoms with Crippen molar-refractivity contribution in [3.8, 4) is 0 Å². The second-order valence-corrected chi connectivity index (χ2v) is 5.10. The van der Waals surface area contributed by atoms with Gasteiger partial charge in [-0.3, -0.25) is 0 Å². The normalized spacial score (nSPS) is 12.4. The van der Waals surface area contributed by atoms with Crippen LogP contribution in [0, 0.1) is 18.6 Å². The van der Waals surface area contributed by atoms with Crippen molar-refractivity contribution in [1.29, 1.82) is 0 Å². The highest BCUT2D eigenvalue weighted by Gasteiger charge is 2.18. The largest absolute Gasteiger partial charge is 0.306 e. The Morgan fingerprint density at radius 1 is 1.10 bits per heavy atom. The minimum Gasteiger partial charge on any atom is -0.306 e. The Kier molecular flexibility index (Phi) is 4.73. The van der Waals surface area contributed by atoms with E-state index in [0.717, 1.165) is 5.56 Å². The van der Waals surface area contributed by atoms with Crippen molar-refractivity contribution in [2.24, 2.45) is 0 Å². The molecule has 4 heteroatoms. The lowest BCUT2D eigenvalue weighted by Crippen LogP contribution is -2.23. The quantitative estimate of drug-likeness (QED) is 0.867. The average molecular weight is 296 g/mol. The molecule has 0 aromatic heterocycles. The first-order chi connectivity index (χ1) is 9.52. The van der Waals surface area contributed by atoms with Gasteiger partial charge in [0.1, 0.15) is 11.6 Å². The molecule has 0 heterocycles. The van der Waals surface area contributed by atoms with Crippen molar-refractivity contribution in [3.63, 3.8) is 0 Å². The lowest BCUT2D eigenvalue weighted by molar-refractivity contribution is 0.554. The van der Waals surface area contributed by atoms with Crippen molar-refractivity contribution in [1.82, 2.24) is 5.32 Å². The molecule has 1 N–H and O–H groups in total. The summed E-state index contributed by atoms with van der Waals surface area (Å²) in [6.45, 7) is 4.46. The van der Waals surface area contributed by atoms with E-state index in [1.165, 1.54) is 18.2 Å². The summed E-state index contributed by atoms with van der Waals surface area (Å²) in [5, 5.41) is 3.24. The maximum Gasteiger partial charge on any atom is 0.142 e. The fraction of sp³-hybridized carbons (Fsp3) is 0.250. The van der Waals surface area contributed by atoms with E-state index in [2.05, 4.69) is 5.32 Å². The first kappa shape index (κ1) is 14.9. The van der Waals surface area contributed by atoms with Gasteiger partial charge < -0.3 is 5.32 Å². The van der Waals surface area contributed by atoms with Crippen LogP contribution in [0.2, 0.25) is 5.02 Å². The molecular formula is C16H16ClF2N. The maximum atomic E-state index is 14.0. The molecule has 2 rings (SSSR count). The van der Waals surface area contributed by atoms with Crippen LogP contribution in [-0.4, -0.2) is 6.54 Å². The van der Waals surface area contributed by atoms with Crippen molar-refractivity contribution in [2.75, 3.05) is 6.54 Å². The van der Waals surface area contributed by atoms with E-state index in [9.17, 15) is 8.78 Å². The summed E-state index contributed by atoms with van der Waals surface area (Å²) in [4.78, 5) is 0. The zero-order valence-corrected chi connectivity index (χ0v) is 12.1. The number of hydrogen-bond acceptors (Lipinski definition) is 1. The summed E-state index contributed by atoms with van der Waals surface area (Å²) >= 11 is 5.70.